The van der Waals surface area contributed by atoms with Gasteiger partial charge < -0.3 is 20.2 Å². The zero-order valence-electron chi connectivity index (χ0n) is 18.9. The number of rotatable bonds is 11. The van der Waals surface area contributed by atoms with Gasteiger partial charge in [-0.3, -0.25) is 24.8 Å². The molecule has 33 heavy (non-hydrogen) atoms. The molecule has 0 radical (unpaired) electrons. The highest BCUT2D eigenvalue weighted by Crippen LogP contribution is 2.41. The first-order valence-corrected chi connectivity index (χ1v) is 12.3. The minimum atomic E-state index is -4.68. The van der Waals surface area contributed by atoms with E-state index in [1.807, 2.05) is 19.9 Å². The molecule has 0 aromatic heterocycles. The third kappa shape index (κ3) is 8.38. The molecule has 2 aromatic rings. The quantitative estimate of drug-likeness (QED) is 0.267. The lowest BCUT2D eigenvalue weighted by Gasteiger charge is -2.27. The standard InChI is InChI=1S/C23H32N3O6P/c1-15(2)21(24-3)23(29)26-22(28)19(13-16-7-5-4-6-8-16)25-20(33(30,31)32)14-17-9-11-18(27)12-10-17/h4-12,15,19-21,24-25,27H,13-14H2,1-3H3,(H,26,28,29)(H2,30,31,32)/t19-,20?,21+/m1/s1. The minimum absolute atomic E-state index is 0.0310. The van der Waals surface area contributed by atoms with Crippen LogP contribution >= 0.6 is 7.60 Å². The summed E-state index contributed by atoms with van der Waals surface area (Å²) < 4.78 is 12.3. The van der Waals surface area contributed by atoms with Gasteiger partial charge in [0.25, 0.3) is 0 Å². The predicted octanol–water partition coefficient (Wildman–Crippen LogP) is 1.53. The number of hydrogen-bond acceptors (Lipinski definition) is 6. The van der Waals surface area contributed by atoms with Crippen LogP contribution in [0.25, 0.3) is 0 Å². The molecule has 2 aromatic carbocycles. The number of carbonyl (C=O) groups is 2. The smallest absolute Gasteiger partial charge is 0.342 e. The highest BCUT2D eigenvalue weighted by molar-refractivity contribution is 7.52. The van der Waals surface area contributed by atoms with Crippen LogP contribution in [0.15, 0.2) is 54.6 Å². The lowest BCUT2D eigenvalue weighted by Crippen LogP contribution is -2.55. The number of phenolic OH excluding ortho intramolecular Hbond substituents is 1. The fourth-order valence-corrected chi connectivity index (χ4v) is 4.32. The molecule has 0 saturated heterocycles. The number of likely N-dealkylation sites (N-methyl/N-ethyl adjacent to an activating group) is 1. The average Bonchev–Trinajstić information content (AvgIpc) is 2.74. The molecule has 0 saturated carbocycles. The van der Waals surface area contributed by atoms with Gasteiger partial charge in [-0.1, -0.05) is 56.3 Å². The van der Waals surface area contributed by atoms with E-state index in [4.69, 9.17) is 0 Å². The van der Waals surface area contributed by atoms with E-state index in [1.165, 1.54) is 12.1 Å². The Labute approximate surface area is 193 Å². The van der Waals surface area contributed by atoms with E-state index in [2.05, 4.69) is 16.0 Å². The SMILES string of the molecule is CN[C@H](C(=O)NC(=O)[C@@H](Cc1ccccc1)NC(Cc1ccc(O)cc1)P(=O)(O)O)C(C)C. The largest absolute Gasteiger partial charge is 0.508 e. The third-order valence-electron chi connectivity index (χ3n) is 5.27. The van der Waals surface area contributed by atoms with Gasteiger partial charge in [0.2, 0.25) is 11.8 Å². The van der Waals surface area contributed by atoms with Crippen LogP contribution in [-0.4, -0.2) is 51.6 Å². The highest BCUT2D eigenvalue weighted by atomic mass is 31.2. The van der Waals surface area contributed by atoms with Crippen molar-refractivity contribution in [2.24, 2.45) is 5.92 Å². The Hall–Kier alpha value is -2.55. The van der Waals surface area contributed by atoms with Crippen LogP contribution in [0.1, 0.15) is 25.0 Å². The first-order valence-electron chi connectivity index (χ1n) is 10.7. The molecule has 0 aliphatic heterocycles. The van der Waals surface area contributed by atoms with Crippen molar-refractivity contribution < 1.29 is 29.0 Å². The molecular weight excluding hydrogens is 445 g/mol. The number of phenols is 1. The summed E-state index contributed by atoms with van der Waals surface area (Å²) in [4.78, 5) is 45.6. The summed E-state index contributed by atoms with van der Waals surface area (Å²) in [6, 6.07) is 13.3. The van der Waals surface area contributed by atoms with Gasteiger partial charge in [0.1, 0.15) is 11.5 Å². The number of benzene rings is 2. The summed E-state index contributed by atoms with van der Waals surface area (Å²) in [6.07, 6.45) is 0.0418. The Bertz CT molecular complexity index is 962. The summed E-state index contributed by atoms with van der Waals surface area (Å²) in [7, 11) is -3.06. The molecule has 1 unspecified atom stereocenters. The summed E-state index contributed by atoms with van der Waals surface area (Å²) in [5, 5.41) is 17.5. The fourth-order valence-electron chi connectivity index (χ4n) is 3.49. The zero-order valence-corrected chi connectivity index (χ0v) is 19.8. The van der Waals surface area contributed by atoms with Crippen molar-refractivity contribution in [2.75, 3.05) is 7.05 Å². The summed E-state index contributed by atoms with van der Waals surface area (Å²) in [6.45, 7) is 3.68. The molecule has 180 valence electrons. The lowest BCUT2D eigenvalue weighted by molar-refractivity contribution is -0.133. The van der Waals surface area contributed by atoms with Gasteiger partial charge in [0, 0.05) is 0 Å². The summed E-state index contributed by atoms with van der Waals surface area (Å²) in [5.41, 5.74) is 1.33. The van der Waals surface area contributed by atoms with E-state index in [1.54, 1.807) is 43.4 Å². The second kappa shape index (κ2) is 12.1. The first-order chi connectivity index (χ1) is 15.5. The zero-order chi connectivity index (χ0) is 24.6. The highest BCUT2D eigenvalue weighted by Gasteiger charge is 2.34. The number of nitrogens with one attached hydrogen (secondary N) is 3. The Morgan fingerprint density at radius 1 is 0.909 bits per heavy atom. The van der Waals surface area contributed by atoms with Crippen molar-refractivity contribution in [1.82, 2.24) is 16.0 Å². The van der Waals surface area contributed by atoms with E-state index >= 15 is 0 Å². The molecule has 0 spiro atoms. The molecule has 10 heteroatoms. The molecule has 9 nitrogen and oxygen atoms in total. The number of hydrogen-bond donors (Lipinski definition) is 6. The van der Waals surface area contributed by atoms with Crippen LogP contribution in [-0.2, 0) is 27.0 Å². The molecule has 0 heterocycles. The normalized spacial score (nSPS) is 14.5. The average molecular weight is 477 g/mol. The minimum Gasteiger partial charge on any atom is -0.508 e. The van der Waals surface area contributed by atoms with Crippen molar-refractivity contribution in [3.8, 4) is 5.75 Å². The van der Waals surface area contributed by atoms with E-state index < -0.39 is 37.3 Å². The van der Waals surface area contributed by atoms with Crippen molar-refractivity contribution in [3.63, 3.8) is 0 Å². The van der Waals surface area contributed by atoms with Crippen LogP contribution in [0.2, 0.25) is 0 Å². The molecule has 6 N–H and O–H groups in total. The van der Waals surface area contributed by atoms with E-state index in [9.17, 15) is 29.0 Å². The molecule has 3 atom stereocenters. The summed E-state index contributed by atoms with van der Waals surface area (Å²) >= 11 is 0. The monoisotopic (exact) mass is 477 g/mol. The van der Waals surface area contributed by atoms with E-state index in [0.29, 0.717) is 5.56 Å². The maximum atomic E-state index is 13.1. The van der Waals surface area contributed by atoms with Crippen LogP contribution in [0, 0.1) is 5.92 Å². The Morgan fingerprint density at radius 2 is 1.48 bits per heavy atom. The Kier molecular flexibility index (Phi) is 9.76. The Balaban J connectivity index is 2.28. The number of aromatic hydroxyl groups is 1. The van der Waals surface area contributed by atoms with Crippen molar-refractivity contribution in [1.29, 1.82) is 0 Å². The van der Waals surface area contributed by atoms with Gasteiger partial charge in [-0.2, -0.15) is 0 Å². The first kappa shape index (κ1) is 26.7. The number of imide groups is 1. The van der Waals surface area contributed by atoms with Gasteiger partial charge >= 0.3 is 7.60 Å². The molecule has 0 bridgehead atoms. The number of carbonyl (C=O) groups excluding carboxylic acids is 2. The summed E-state index contributed by atoms with van der Waals surface area (Å²) in [5.74, 6) is -2.59. The van der Waals surface area contributed by atoms with Gasteiger partial charge in [-0.25, -0.2) is 0 Å². The molecule has 0 aliphatic rings. The lowest BCUT2D eigenvalue weighted by atomic mass is 10.0. The molecule has 2 amide bonds. The van der Waals surface area contributed by atoms with Crippen LogP contribution < -0.4 is 16.0 Å². The maximum absolute atomic E-state index is 13.1. The molecule has 0 fully saturated rings. The Morgan fingerprint density at radius 3 is 2.00 bits per heavy atom. The predicted molar refractivity (Wildman–Crippen MR) is 126 cm³/mol. The van der Waals surface area contributed by atoms with E-state index in [0.717, 1.165) is 5.56 Å². The molecule has 0 aliphatic carbocycles. The maximum Gasteiger partial charge on any atom is 0.342 e. The van der Waals surface area contributed by atoms with Gasteiger partial charge in [0.05, 0.1) is 12.1 Å². The van der Waals surface area contributed by atoms with Crippen LogP contribution in [0.3, 0.4) is 0 Å². The van der Waals surface area contributed by atoms with Crippen LogP contribution in [0.4, 0.5) is 0 Å². The molecular formula is C23H32N3O6P. The van der Waals surface area contributed by atoms with Crippen molar-refractivity contribution in [2.45, 2.75) is 44.6 Å². The van der Waals surface area contributed by atoms with Gasteiger partial charge in [-0.05, 0) is 49.1 Å². The second-order valence-electron chi connectivity index (χ2n) is 8.25. The third-order valence-corrected chi connectivity index (χ3v) is 6.41. The van der Waals surface area contributed by atoms with Crippen molar-refractivity contribution in [3.05, 3.63) is 65.7 Å². The van der Waals surface area contributed by atoms with E-state index in [-0.39, 0.29) is 24.5 Å². The van der Waals surface area contributed by atoms with Gasteiger partial charge in [-0.15, -0.1) is 0 Å². The van der Waals surface area contributed by atoms with Crippen LogP contribution in [0.5, 0.6) is 5.75 Å². The fraction of sp³-hybridized carbons (Fsp3) is 0.391. The topological polar surface area (TPSA) is 148 Å². The van der Waals surface area contributed by atoms with Crippen molar-refractivity contribution >= 4 is 19.4 Å². The van der Waals surface area contributed by atoms with Gasteiger partial charge in [0.15, 0.2) is 0 Å². The molecule has 2 rings (SSSR count). The second-order valence-corrected chi connectivity index (χ2v) is 10.0. The number of amides is 2.